The Morgan fingerprint density at radius 2 is 1.80 bits per heavy atom. The van der Waals surface area contributed by atoms with E-state index in [2.05, 4.69) is 41.7 Å². The molecule has 0 unspecified atom stereocenters. The molecule has 0 spiro atoms. The third kappa shape index (κ3) is 1.21. The molecule has 0 aliphatic heterocycles. The normalized spacial score (nSPS) is 10.0. The molecule has 0 atom stereocenters. The van der Waals surface area contributed by atoms with Gasteiger partial charge in [0.2, 0.25) is 0 Å². The number of aromatic nitrogens is 1. The van der Waals surface area contributed by atoms with E-state index in [4.69, 9.17) is 0 Å². The van der Waals surface area contributed by atoms with Crippen molar-refractivity contribution in [1.29, 1.82) is 0 Å². The van der Waals surface area contributed by atoms with Gasteiger partial charge in [-0.25, -0.2) is 4.98 Å². The Hall–Kier alpha value is -0.370. The number of pyridine rings is 1. The highest BCUT2D eigenvalue weighted by Crippen LogP contribution is 2.18. The lowest BCUT2D eigenvalue weighted by Gasteiger charge is -2.03. The van der Waals surface area contributed by atoms with Gasteiger partial charge in [0.25, 0.3) is 0 Å². The molecule has 0 N–H and O–H groups in total. The number of halogens is 1. The maximum Gasteiger partial charge on any atom is 0.109 e. The maximum absolute atomic E-state index is 4.16. The van der Waals surface area contributed by atoms with E-state index in [0.29, 0.717) is 0 Å². The standard InChI is InChI=1S/C8H10BrN/c1-5-4-10-8(9)7(3)6(5)2/h4H,1-3H3. The molecule has 1 rings (SSSR count). The molecule has 54 valence electrons. The summed E-state index contributed by atoms with van der Waals surface area (Å²) < 4.78 is 0.954. The maximum atomic E-state index is 4.16. The predicted octanol–water partition coefficient (Wildman–Crippen LogP) is 2.77. The van der Waals surface area contributed by atoms with Gasteiger partial charge in [-0.15, -0.1) is 0 Å². The second-order valence-corrected chi connectivity index (χ2v) is 3.23. The summed E-state index contributed by atoms with van der Waals surface area (Å²) in [5.41, 5.74) is 3.81. The Bertz CT molecular complexity index is 229. The zero-order chi connectivity index (χ0) is 7.72. The van der Waals surface area contributed by atoms with E-state index in [1.807, 2.05) is 6.20 Å². The van der Waals surface area contributed by atoms with Gasteiger partial charge < -0.3 is 0 Å². The number of rotatable bonds is 0. The molecule has 2 heteroatoms. The van der Waals surface area contributed by atoms with Crippen LogP contribution in [-0.4, -0.2) is 4.98 Å². The second kappa shape index (κ2) is 2.70. The lowest BCUT2D eigenvalue weighted by atomic mass is 10.1. The van der Waals surface area contributed by atoms with Crippen molar-refractivity contribution < 1.29 is 0 Å². The molecular formula is C8H10BrN. The zero-order valence-electron chi connectivity index (χ0n) is 6.40. The monoisotopic (exact) mass is 199 g/mol. The van der Waals surface area contributed by atoms with Crippen molar-refractivity contribution in [1.82, 2.24) is 4.98 Å². The molecule has 1 aromatic rings. The largest absolute Gasteiger partial charge is 0.249 e. The number of aryl methyl sites for hydroxylation is 1. The van der Waals surface area contributed by atoms with Crippen LogP contribution >= 0.6 is 15.9 Å². The van der Waals surface area contributed by atoms with Crippen LogP contribution in [0.2, 0.25) is 0 Å². The molecule has 0 bridgehead atoms. The molecule has 0 aromatic carbocycles. The van der Waals surface area contributed by atoms with Crippen molar-refractivity contribution >= 4 is 15.9 Å². The SMILES string of the molecule is Cc1cnc(Br)c(C)c1C. The van der Waals surface area contributed by atoms with Crippen LogP contribution < -0.4 is 0 Å². The third-order valence-corrected chi connectivity index (χ3v) is 2.63. The minimum atomic E-state index is 0.954. The highest BCUT2D eigenvalue weighted by Gasteiger charge is 2.00. The van der Waals surface area contributed by atoms with E-state index in [1.165, 1.54) is 16.7 Å². The molecule has 10 heavy (non-hydrogen) atoms. The first kappa shape index (κ1) is 7.73. The average molecular weight is 200 g/mol. The molecular weight excluding hydrogens is 190 g/mol. The molecule has 0 fully saturated rings. The summed E-state index contributed by atoms with van der Waals surface area (Å²) in [7, 11) is 0. The van der Waals surface area contributed by atoms with Crippen LogP contribution in [0.1, 0.15) is 16.7 Å². The van der Waals surface area contributed by atoms with Gasteiger partial charge in [0, 0.05) is 6.20 Å². The van der Waals surface area contributed by atoms with Gasteiger partial charge in [-0.2, -0.15) is 0 Å². The fourth-order valence-electron chi connectivity index (χ4n) is 0.798. The minimum Gasteiger partial charge on any atom is -0.249 e. The Labute approximate surface area is 69.6 Å². The van der Waals surface area contributed by atoms with Crippen LogP contribution in [0.15, 0.2) is 10.8 Å². The Balaban J connectivity index is 3.34. The van der Waals surface area contributed by atoms with Crippen LogP contribution in [0.3, 0.4) is 0 Å². The van der Waals surface area contributed by atoms with Gasteiger partial charge in [0.05, 0.1) is 0 Å². The minimum absolute atomic E-state index is 0.954. The van der Waals surface area contributed by atoms with Gasteiger partial charge in [-0.3, -0.25) is 0 Å². The third-order valence-electron chi connectivity index (χ3n) is 1.83. The molecule has 0 amide bonds. The second-order valence-electron chi connectivity index (χ2n) is 2.48. The lowest BCUT2D eigenvalue weighted by Crippen LogP contribution is -1.89. The summed E-state index contributed by atoms with van der Waals surface area (Å²) in [5.74, 6) is 0. The van der Waals surface area contributed by atoms with Crippen LogP contribution in [0.4, 0.5) is 0 Å². The summed E-state index contributed by atoms with van der Waals surface area (Å²) in [6, 6.07) is 0. The van der Waals surface area contributed by atoms with Crippen molar-refractivity contribution in [2.45, 2.75) is 20.8 Å². The molecule has 1 heterocycles. The van der Waals surface area contributed by atoms with E-state index >= 15 is 0 Å². The zero-order valence-corrected chi connectivity index (χ0v) is 7.99. The van der Waals surface area contributed by atoms with Crippen LogP contribution in [0, 0.1) is 20.8 Å². The van der Waals surface area contributed by atoms with Gasteiger partial charge in [0.15, 0.2) is 0 Å². The summed E-state index contributed by atoms with van der Waals surface area (Å²) in [6.45, 7) is 6.25. The summed E-state index contributed by atoms with van der Waals surface area (Å²) in [6.07, 6.45) is 1.88. The van der Waals surface area contributed by atoms with Crippen LogP contribution in [-0.2, 0) is 0 Å². The van der Waals surface area contributed by atoms with Gasteiger partial charge in [0.1, 0.15) is 4.60 Å². The summed E-state index contributed by atoms with van der Waals surface area (Å²) >= 11 is 3.37. The first-order valence-corrected chi connectivity index (χ1v) is 4.00. The van der Waals surface area contributed by atoms with Gasteiger partial charge in [-0.05, 0) is 53.4 Å². The number of nitrogens with zero attached hydrogens (tertiary/aromatic N) is 1. The highest BCUT2D eigenvalue weighted by molar-refractivity contribution is 9.10. The summed E-state index contributed by atoms with van der Waals surface area (Å²) in [4.78, 5) is 4.16. The molecule has 1 nitrogen and oxygen atoms in total. The molecule has 0 saturated heterocycles. The van der Waals surface area contributed by atoms with E-state index in [-0.39, 0.29) is 0 Å². The molecule has 0 aliphatic rings. The Morgan fingerprint density at radius 1 is 1.20 bits per heavy atom. The summed E-state index contributed by atoms with van der Waals surface area (Å²) in [5, 5.41) is 0. The van der Waals surface area contributed by atoms with Crippen LogP contribution in [0.25, 0.3) is 0 Å². The topological polar surface area (TPSA) is 12.9 Å². The molecule has 0 aliphatic carbocycles. The first-order valence-electron chi connectivity index (χ1n) is 3.21. The highest BCUT2D eigenvalue weighted by atomic mass is 79.9. The first-order chi connectivity index (χ1) is 4.63. The fraction of sp³-hybridized carbons (Fsp3) is 0.375. The van der Waals surface area contributed by atoms with Crippen molar-refractivity contribution in [3.63, 3.8) is 0 Å². The lowest BCUT2D eigenvalue weighted by molar-refractivity contribution is 1.13. The van der Waals surface area contributed by atoms with Gasteiger partial charge in [-0.1, -0.05) is 0 Å². The smallest absolute Gasteiger partial charge is 0.109 e. The Kier molecular flexibility index (Phi) is 2.09. The van der Waals surface area contributed by atoms with Gasteiger partial charge >= 0.3 is 0 Å². The van der Waals surface area contributed by atoms with E-state index in [9.17, 15) is 0 Å². The van der Waals surface area contributed by atoms with Crippen molar-refractivity contribution in [3.8, 4) is 0 Å². The molecule has 1 aromatic heterocycles. The van der Waals surface area contributed by atoms with E-state index in [0.717, 1.165) is 4.60 Å². The fourth-order valence-corrected chi connectivity index (χ4v) is 1.20. The molecule has 0 radical (unpaired) electrons. The van der Waals surface area contributed by atoms with E-state index in [1.54, 1.807) is 0 Å². The molecule has 0 saturated carbocycles. The van der Waals surface area contributed by atoms with Crippen molar-refractivity contribution in [2.75, 3.05) is 0 Å². The quantitative estimate of drug-likeness (QED) is 0.586. The predicted molar refractivity (Wildman–Crippen MR) is 46.1 cm³/mol. The number of hydrogen-bond acceptors (Lipinski definition) is 1. The Morgan fingerprint density at radius 3 is 2.30 bits per heavy atom. The van der Waals surface area contributed by atoms with Crippen LogP contribution in [0.5, 0.6) is 0 Å². The average Bonchev–Trinajstić information content (AvgIpc) is 1.93. The van der Waals surface area contributed by atoms with E-state index < -0.39 is 0 Å². The van der Waals surface area contributed by atoms with Crippen molar-refractivity contribution in [2.24, 2.45) is 0 Å². The number of hydrogen-bond donors (Lipinski definition) is 0. The van der Waals surface area contributed by atoms with Crippen molar-refractivity contribution in [3.05, 3.63) is 27.5 Å².